The number of carbonyl (C=O) groups is 1. The first-order chi connectivity index (χ1) is 16.9. The van der Waals surface area contributed by atoms with E-state index in [1.807, 2.05) is 68.4 Å². The lowest BCUT2D eigenvalue weighted by molar-refractivity contribution is -0.126. The molecule has 1 heterocycles. The summed E-state index contributed by atoms with van der Waals surface area (Å²) in [6.45, 7) is 4.05. The number of ether oxygens (including phenoxy) is 1. The molecule has 0 saturated heterocycles. The summed E-state index contributed by atoms with van der Waals surface area (Å²) in [7, 11) is -3.86. The van der Waals surface area contributed by atoms with Gasteiger partial charge in [0.15, 0.2) is 0 Å². The molecule has 3 aromatic carbocycles. The molecule has 4 aromatic rings. The standard InChI is InChI=1S/C28H28N2O4S/c1-19(2)28(31)29-27-25(34-18-20-11-5-3-6-12-20)17-24-26(27)22-15-9-10-16-23(22)30(24)35(32,33)21-13-7-4-8-14-21/h3-16,19,25,27H,17-18H2,1-2H3,(H,29,31)/t25-,27+/m1/s1. The van der Waals surface area contributed by atoms with Crippen LogP contribution in [0, 0.1) is 5.92 Å². The fourth-order valence-electron chi connectivity index (χ4n) is 4.71. The summed E-state index contributed by atoms with van der Waals surface area (Å²) in [4.78, 5) is 13.0. The van der Waals surface area contributed by atoms with E-state index in [9.17, 15) is 13.2 Å². The molecule has 0 spiro atoms. The fraction of sp³-hybridized carbons (Fsp3) is 0.250. The molecule has 0 aliphatic heterocycles. The van der Waals surface area contributed by atoms with Gasteiger partial charge in [-0.2, -0.15) is 0 Å². The average Bonchev–Trinajstić information content (AvgIpc) is 3.38. The van der Waals surface area contributed by atoms with Crippen molar-refractivity contribution in [3.05, 3.63) is 102 Å². The summed E-state index contributed by atoms with van der Waals surface area (Å²) in [5.41, 5.74) is 3.09. The Balaban J connectivity index is 1.63. The average molecular weight is 489 g/mol. The summed E-state index contributed by atoms with van der Waals surface area (Å²) in [6.07, 6.45) is -0.0314. The van der Waals surface area contributed by atoms with Crippen molar-refractivity contribution in [2.45, 2.75) is 43.9 Å². The molecule has 1 aliphatic carbocycles. The van der Waals surface area contributed by atoms with Crippen LogP contribution in [0.15, 0.2) is 89.8 Å². The summed E-state index contributed by atoms with van der Waals surface area (Å²) >= 11 is 0. The Hall–Kier alpha value is -3.42. The Bertz CT molecular complexity index is 1460. The number of nitrogens with zero attached hydrogens (tertiary/aromatic N) is 1. The van der Waals surface area contributed by atoms with Crippen LogP contribution in [0.2, 0.25) is 0 Å². The zero-order chi connectivity index (χ0) is 24.6. The van der Waals surface area contributed by atoms with Crippen LogP contribution >= 0.6 is 0 Å². The second kappa shape index (κ2) is 9.32. The molecule has 5 rings (SSSR count). The lowest BCUT2D eigenvalue weighted by Gasteiger charge is -2.24. The van der Waals surface area contributed by atoms with Crippen molar-refractivity contribution in [3.63, 3.8) is 0 Å². The molecule has 0 saturated carbocycles. The number of hydrogen-bond donors (Lipinski definition) is 1. The molecule has 0 unspecified atom stereocenters. The molecule has 1 aliphatic rings. The van der Waals surface area contributed by atoms with Crippen molar-refractivity contribution in [1.29, 1.82) is 0 Å². The number of rotatable bonds is 7. The highest BCUT2D eigenvalue weighted by Gasteiger charge is 2.41. The molecule has 7 heteroatoms. The van der Waals surface area contributed by atoms with E-state index in [1.165, 1.54) is 3.97 Å². The Morgan fingerprint density at radius 3 is 2.29 bits per heavy atom. The largest absolute Gasteiger partial charge is 0.371 e. The van der Waals surface area contributed by atoms with Gasteiger partial charge >= 0.3 is 0 Å². The molecule has 0 bridgehead atoms. The van der Waals surface area contributed by atoms with Gasteiger partial charge in [-0.15, -0.1) is 0 Å². The zero-order valence-corrected chi connectivity index (χ0v) is 20.5. The number of fused-ring (bicyclic) bond motifs is 3. The maximum absolute atomic E-state index is 13.8. The van der Waals surface area contributed by atoms with Crippen LogP contribution in [0.4, 0.5) is 0 Å². The van der Waals surface area contributed by atoms with Crippen molar-refractivity contribution in [2.75, 3.05) is 0 Å². The van der Waals surface area contributed by atoms with Gasteiger partial charge in [-0.05, 0) is 23.8 Å². The molecule has 1 amide bonds. The molecule has 1 N–H and O–H groups in total. The minimum atomic E-state index is -3.86. The van der Waals surface area contributed by atoms with Gasteiger partial charge in [-0.1, -0.05) is 80.6 Å². The van der Waals surface area contributed by atoms with Crippen LogP contribution in [0.3, 0.4) is 0 Å². The predicted molar refractivity (Wildman–Crippen MR) is 135 cm³/mol. The normalized spacial score (nSPS) is 17.6. The number of carbonyl (C=O) groups excluding carboxylic acids is 1. The minimum Gasteiger partial charge on any atom is -0.371 e. The van der Waals surface area contributed by atoms with Gasteiger partial charge in [0.05, 0.1) is 29.2 Å². The quantitative estimate of drug-likeness (QED) is 0.404. The van der Waals surface area contributed by atoms with E-state index in [0.717, 1.165) is 16.5 Å². The Kier molecular flexibility index (Phi) is 6.21. The maximum Gasteiger partial charge on any atom is 0.268 e. The third kappa shape index (κ3) is 4.26. The molecular formula is C28H28N2O4S. The summed E-state index contributed by atoms with van der Waals surface area (Å²) < 4.78 is 35.4. The smallest absolute Gasteiger partial charge is 0.268 e. The number of para-hydroxylation sites is 1. The Labute approximate surface area is 205 Å². The minimum absolute atomic E-state index is 0.0982. The van der Waals surface area contributed by atoms with Crippen molar-refractivity contribution < 1.29 is 17.9 Å². The highest BCUT2D eigenvalue weighted by molar-refractivity contribution is 7.90. The van der Waals surface area contributed by atoms with Gasteiger partial charge in [0.25, 0.3) is 10.0 Å². The van der Waals surface area contributed by atoms with Crippen LogP contribution in [0.5, 0.6) is 0 Å². The molecule has 180 valence electrons. The van der Waals surface area contributed by atoms with Crippen LogP contribution in [0.1, 0.15) is 36.7 Å². The first kappa shape index (κ1) is 23.3. The van der Waals surface area contributed by atoms with E-state index in [0.29, 0.717) is 24.2 Å². The van der Waals surface area contributed by atoms with Gasteiger partial charge in [-0.25, -0.2) is 12.4 Å². The topological polar surface area (TPSA) is 77.4 Å². The summed E-state index contributed by atoms with van der Waals surface area (Å²) in [6, 6.07) is 25.3. The van der Waals surface area contributed by atoms with E-state index in [1.54, 1.807) is 30.3 Å². The number of benzene rings is 3. The zero-order valence-electron chi connectivity index (χ0n) is 19.7. The first-order valence-electron chi connectivity index (χ1n) is 11.8. The van der Waals surface area contributed by atoms with Crippen molar-refractivity contribution in [1.82, 2.24) is 9.29 Å². The second-order valence-corrected chi connectivity index (χ2v) is 10.9. The van der Waals surface area contributed by atoms with Gasteiger partial charge in [0, 0.05) is 29.0 Å². The monoisotopic (exact) mass is 488 g/mol. The first-order valence-corrected chi connectivity index (χ1v) is 13.2. The van der Waals surface area contributed by atoms with Gasteiger partial charge < -0.3 is 10.1 Å². The van der Waals surface area contributed by atoms with Gasteiger partial charge in [-0.3, -0.25) is 4.79 Å². The molecule has 35 heavy (non-hydrogen) atoms. The molecule has 2 atom stereocenters. The Morgan fingerprint density at radius 2 is 1.60 bits per heavy atom. The summed E-state index contributed by atoms with van der Waals surface area (Å²) in [5.74, 6) is -0.311. The van der Waals surface area contributed by atoms with E-state index < -0.39 is 22.2 Å². The number of hydrogen-bond acceptors (Lipinski definition) is 4. The second-order valence-electron chi connectivity index (χ2n) is 9.14. The SMILES string of the molecule is CC(C)C(=O)N[C@@H]1c2c(n(S(=O)(=O)c3ccccc3)c3ccccc23)C[C@H]1OCc1ccccc1. The maximum atomic E-state index is 13.8. The predicted octanol–water partition coefficient (Wildman–Crippen LogP) is 4.83. The lowest BCUT2D eigenvalue weighted by atomic mass is 10.0. The van der Waals surface area contributed by atoms with Crippen molar-refractivity contribution in [2.24, 2.45) is 5.92 Å². The van der Waals surface area contributed by atoms with E-state index >= 15 is 0 Å². The van der Waals surface area contributed by atoms with Crippen molar-refractivity contribution >= 4 is 26.8 Å². The molecule has 6 nitrogen and oxygen atoms in total. The number of aromatic nitrogens is 1. The molecular weight excluding hydrogens is 460 g/mol. The molecule has 0 radical (unpaired) electrons. The molecule has 1 aromatic heterocycles. The fourth-order valence-corrected chi connectivity index (χ4v) is 6.31. The van der Waals surface area contributed by atoms with E-state index in [4.69, 9.17) is 4.74 Å². The van der Waals surface area contributed by atoms with E-state index in [-0.39, 0.29) is 16.7 Å². The highest BCUT2D eigenvalue weighted by Crippen LogP contribution is 2.42. The third-order valence-electron chi connectivity index (χ3n) is 6.46. The molecule has 0 fully saturated rings. The van der Waals surface area contributed by atoms with Crippen LogP contribution in [-0.4, -0.2) is 24.4 Å². The summed E-state index contributed by atoms with van der Waals surface area (Å²) in [5, 5.41) is 3.95. The number of nitrogens with one attached hydrogen (secondary N) is 1. The highest BCUT2D eigenvalue weighted by atomic mass is 32.2. The van der Waals surface area contributed by atoms with E-state index in [2.05, 4.69) is 5.32 Å². The Morgan fingerprint density at radius 1 is 0.971 bits per heavy atom. The van der Waals surface area contributed by atoms with Gasteiger partial charge in [0.1, 0.15) is 0 Å². The van der Waals surface area contributed by atoms with Gasteiger partial charge in [0.2, 0.25) is 5.91 Å². The van der Waals surface area contributed by atoms with Crippen molar-refractivity contribution in [3.8, 4) is 0 Å². The van der Waals surface area contributed by atoms with Crippen LogP contribution in [-0.2, 0) is 32.6 Å². The number of amides is 1. The lowest BCUT2D eigenvalue weighted by Crippen LogP contribution is -2.37. The van der Waals surface area contributed by atoms with Crippen LogP contribution < -0.4 is 5.32 Å². The van der Waals surface area contributed by atoms with Crippen LogP contribution in [0.25, 0.3) is 10.9 Å². The third-order valence-corrected chi connectivity index (χ3v) is 8.22.